The van der Waals surface area contributed by atoms with Gasteiger partial charge >= 0.3 is 0 Å². The molecule has 2 aromatic rings. The quantitative estimate of drug-likeness (QED) is 0.746. The van der Waals surface area contributed by atoms with Gasteiger partial charge in [0.15, 0.2) is 0 Å². The molecule has 0 fully saturated rings. The van der Waals surface area contributed by atoms with E-state index < -0.39 is 0 Å². The highest BCUT2D eigenvalue weighted by Crippen LogP contribution is 2.03. The van der Waals surface area contributed by atoms with Gasteiger partial charge in [0.1, 0.15) is 0 Å². The first-order chi connectivity index (χ1) is 8.88. The first-order valence-corrected chi connectivity index (χ1v) is 6.20. The van der Waals surface area contributed by atoms with E-state index in [2.05, 4.69) is 29.6 Å². The summed E-state index contributed by atoms with van der Waals surface area (Å²) in [5, 5.41) is 10.9. The lowest BCUT2D eigenvalue weighted by molar-refractivity contribution is 0.621. The second-order valence-corrected chi connectivity index (χ2v) is 4.33. The summed E-state index contributed by atoms with van der Waals surface area (Å²) >= 11 is 0. The lowest BCUT2D eigenvalue weighted by Gasteiger charge is -2.14. The minimum Gasteiger partial charge on any atom is -0.311 e. The summed E-state index contributed by atoms with van der Waals surface area (Å²) in [6.07, 6.45) is 2.34. The summed E-state index contributed by atoms with van der Waals surface area (Å²) in [4.78, 5) is 0. The van der Waals surface area contributed by atoms with E-state index >= 15 is 0 Å². The van der Waals surface area contributed by atoms with Crippen LogP contribution in [0.15, 0.2) is 60.7 Å². The molecule has 0 heterocycles. The van der Waals surface area contributed by atoms with E-state index in [9.17, 15) is 0 Å². The van der Waals surface area contributed by atoms with Gasteiger partial charge in [-0.25, -0.2) is 0 Å². The first-order valence-electron chi connectivity index (χ1n) is 6.20. The molecule has 0 radical (unpaired) electrons. The Morgan fingerprint density at radius 2 is 1.44 bits per heavy atom. The van der Waals surface area contributed by atoms with Crippen molar-refractivity contribution >= 4 is 6.21 Å². The average molecular weight is 238 g/mol. The summed E-state index contributed by atoms with van der Waals surface area (Å²) < 4.78 is 0. The van der Waals surface area contributed by atoms with E-state index in [0.717, 1.165) is 13.0 Å². The van der Waals surface area contributed by atoms with Gasteiger partial charge < -0.3 is 10.7 Å². The maximum Gasteiger partial charge on any atom is 0.0460 e. The fourth-order valence-corrected chi connectivity index (χ4v) is 1.90. The maximum absolute atomic E-state index is 7.49. The van der Waals surface area contributed by atoms with Crippen LogP contribution >= 0.6 is 0 Å². The highest BCUT2D eigenvalue weighted by atomic mass is 14.9. The molecule has 0 aromatic heterocycles. The van der Waals surface area contributed by atoms with Crippen LogP contribution in [0.5, 0.6) is 0 Å². The normalized spacial score (nSPS) is 12.0. The Labute approximate surface area is 108 Å². The van der Waals surface area contributed by atoms with Crippen LogP contribution in [-0.2, 0) is 13.0 Å². The summed E-state index contributed by atoms with van der Waals surface area (Å²) in [5.74, 6) is 0. The van der Waals surface area contributed by atoms with Crippen molar-refractivity contribution in [2.45, 2.75) is 19.0 Å². The molecule has 0 unspecified atom stereocenters. The Bertz CT molecular complexity index is 465. The molecule has 0 aliphatic heterocycles. The highest BCUT2D eigenvalue weighted by Gasteiger charge is 2.05. The second-order valence-electron chi connectivity index (χ2n) is 4.33. The van der Waals surface area contributed by atoms with Crippen LogP contribution in [0.3, 0.4) is 0 Å². The molecule has 2 nitrogen and oxygen atoms in total. The van der Waals surface area contributed by atoms with Crippen LogP contribution in [0.2, 0.25) is 0 Å². The van der Waals surface area contributed by atoms with Gasteiger partial charge in [0, 0.05) is 18.8 Å². The number of hydrogen-bond donors (Lipinski definition) is 2. The van der Waals surface area contributed by atoms with Crippen LogP contribution in [0.4, 0.5) is 0 Å². The molecule has 2 heteroatoms. The molecule has 0 aliphatic carbocycles. The molecule has 0 amide bonds. The highest BCUT2D eigenvalue weighted by molar-refractivity contribution is 5.61. The fourth-order valence-electron chi connectivity index (χ4n) is 1.90. The van der Waals surface area contributed by atoms with Gasteiger partial charge in [0.2, 0.25) is 0 Å². The molecule has 1 atom stereocenters. The van der Waals surface area contributed by atoms with Crippen LogP contribution in [0.1, 0.15) is 11.1 Å². The van der Waals surface area contributed by atoms with Gasteiger partial charge in [-0.2, -0.15) is 0 Å². The van der Waals surface area contributed by atoms with E-state index in [1.807, 2.05) is 36.4 Å². The summed E-state index contributed by atoms with van der Waals surface area (Å²) in [6.45, 7) is 0.799. The molecule has 0 aliphatic rings. The summed E-state index contributed by atoms with van der Waals surface area (Å²) in [5.41, 5.74) is 2.50. The Balaban J connectivity index is 1.88. The average Bonchev–Trinajstić information content (AvgIpc) is 2.45. The van der Waals surface area contributed by atoms with Crippen molar-refractivity contribution in [3.63, 3.8) is 0 Å². The monoisotopic (exact) mass is 238 g/mol. The number of nitrogens with one attached hydrogen (secondary N) is 2. The summed E-state index contributed by atoms with van der Waals surface area (Å²) in [7, 11) is 0. The summed E-state index contributed by atoms with van der Waals surface area (Å²) in [6, 6.07) is 20.6. The predicted molar refractivity (Wildman–Crippen MR) is 76.0 cm³/mol. The third-order valence-electron chi connectivity index (χ3n) is 2.91. The van der Waals surface area contributed by atoms with Crippen molar-refractivity contribution in [2.75, 3.05) is 0 Å². The fraction of sp³-hybridized carbons (Fsp3) is 0.188. The maximum atomic E-state index is 7.49. The smallest absolute Gasteiger partial charge is 0.0460 e. The van der Waals surface area contributed by atoms with Crippen LogP contribution in [0, 0.1) is 5.41 Å². The van der Waals surface area contributed by atoms with Gasteiger partial charge in [0.05, 0.1) is 0 Å². The molecule has 92 valence electrons. The topological polar surface area (TPSA) is 35.9 Å². The third-order valence-corrected chi connectivity index (χ3v) is 2.91. The van der Waals surface area contributed by atoms with Crippen molar-refractivity contribution in [1.29, 1.82) is 5.41 Å². The Kier molecular flexibility index (Phi) is 4.68. The number of benzene rings is 2. The van der Waals surface area contributed by atoms with Gasteiger partial charge in [-0.05, 0) is 17.5 Å². The number of hydrogen-bond acceptors (Lipinski definition) is 2. The van der Waals surface area contributed by atoms with Crippen molar-refractivity contribution in [3.05, 3.63) is 71.8 Å². The molecule has 0 saturated carbocycles. The zero-order valence-electron chi connectivity index (χ0n) is 10.3. The van der Waals surface area contributed by atoms with Crippen LogP contribution in [0.25, 0.3) is 0 Å². The van der Waals surface area contributed by atoms with E-state index in [4.69, 9.17) is 5.41 Å². The van der Waals surface area contributed by atoms with Crippen molar-refractivity contribution in [1.82, 2.24) is 5.32 Å². The van der Waals surface area contributed by atoms with E-state index in [1.54, 1.807) is 0 Å². The largest absolute Gasteiger partial charge is 0.311 e. The van der Waals surface area contributed by atoms with Crippen LogP contribution < -0.4 is 5.32 Å². The first kappa shape index (κ1) is 12.5. The Hall–Kier alpha value is -1.93. The minimum absolute atomic E-state index is 0.0904. The third kappa shape index (κ3) is 3.82. The lowest BCUT2D eigenvalue weighted by atomic mass is 10.1. The SMILES string of the molecule is N=C[C@H](Cc1ccccc1)NCc1ccccc1. The molecule has 0 spiro atoms. The Morgan fingerprint density at radius 1 is 0.889 bits per heavy atom. The van der Waals surface area contributed by atoms with Crippen molar-refractivity contribution < 1.29 is 0 Å². The molecule has 18 heavy (non-hydrogen) atoms. The van der Waals surface area contributed by atoms with E-state index in [-0.39, 0.29) is 6.04 Å². The van der Waals surface area contributed by atoms with Gasteiger partial charge in [0.25, 0.3) is 0 Å². The predicted octanol–water partition coefficient (Wildman–Crippen LogP) is 3.04. The van der Waals surface area contributed by atoms with E-state index in [0.29, 0.717) is 0 Å². The zero-order valence-corrected chi connectivity index (χ0v) is 10.3. The molecular formula is C16H18N2. The molecule has 0 saturated heterocycles. The van der Waals surface area contributed by atoms with Crippen LogP contribution in [-0.4, -0.2) is 12.3 Å². The molecule has 0 bridgehead atoms. The van der Waals surface area contributed by atoms with Gasteiger partial charge in [-0.15, -0.1) is 0 Å². The van der Waals surface area contributed by atoms with Crippen molar-refractivity contribution in [2.24, 2.45) is 0 Å². The lowest BCUT2D eigenvalue weighted by Crippen LogP contribution is -2.31. The molecule has 2 aromatic carbocycles. The number of rotatable bonds is 6. The standard InChI is InChI=1S/C16H18N2/c17-12-16(11-14-7-3-1-4-8-14)18-13-15-9-5-2-6-10-15/h1-10,12,16-18H,11,13H2/t16-/m0/s1. The molecule has 2 N–H and O–H groups in total. The minimum atomic E-state index is 0.0904. The van der Waals surface area contributed by atoms with Gasteiger partial charge in [-0.3, -0.25) is 0 Å². The van der Waals surface area contributed by atoms with Gasteiger partial charge in [-0.1, -0.05) is 60.7 Å². The van der Waals surface area contributed by atoms with Crippen molar-refractivity contribution in [3.8, 4) is 0 Å². The van der Waals surface area contributed by atoms with E-state index in [1.165, 1.54) is 17.3 Å². The molecular weight excluding hydrogens is 220 g/mol. The second kappa shape index (κ2) is 6.72. The molecule has 2 rings (SSSR count). The zero-order chi connectivity index (χ0) is 12.6. The Morgan fingerprint density at radius 3 is 2.00 bits per heavy atom.